The Hall–Kier alpha value is -4.81. The van der Waals surface area contributed by atoms with Gasteiger partial charge in [-0.05, 0) is 48.2 Å². The second-order valence-electron chi connectivity index (χ2n) is 9.78. The minimum absolute atomic E-state index is 0.281. The molecular weight excluding hydrogens is 491 g/mol. The summed E-state index contributed by atoms with van der Waals surface area (Å²) < 4.78 is 15.4. The molecule has 0 spiro atoms. The van der Waals surface area contributed by atoms with Gasteiger partial charge in [0.05, 0.1) is 23.6 Å². The third-order valence-corrected chi connectivity index (χ3v) is 7.28. The number of hydrogen-bond acceptors (Lipinski definition) is 7. The Labute approximate surface area is 225 Å². The molecule has 5 aromatic rings. The van der Waals surface area contributed by atoms with E-state index in [9.17, 15) is 4.39 Å². The van der Waals surface area contributed by atoms with E-state index in [1.165, 1.54) is 17.8 Å². The SMILES string of the molecule is N#CNC1CCN(Cc2ccc(-c3c(-c4cccnc4N)cn4cc(-c5ccc(F)cn5)ncc34)cc2)CC1. The second kappa shape index (κ2) is 10.5. The van der Waals surface area contributed by atoms with Crippen molar-refractivity contribution < 1.29 is 4.39 Å². The molecule has 4 aromatic heterocycles. The van der Waals surface area contributed by atoms with E-state index in [-0.39, 0.29) is 11.9 Å². The fourth-order valence-corrected chi connectivity index (χ4v) is 5.25. The van der Waals surface area contributed by atoms with E-state index in [4.69, 9.17) is 11.0 Å². The molecule has 194 valence electrons. The van der Waals surface area contributed by atoms with Crippen molar-refractivity contribution in [3.63, 3.8) is 0 Å². The molecule has 6 rings (SSSR count). The summed E-state index contributed by atoms with van der Waals surface area (Å²) in [5, 5.41) is 11.8. The van der Waals surface area contributed by atoms with Gasteiger partial charge in [-0.2, -0.15) is 5.26 Å². The van der Waals surface area contributed by atoms with Crippen molar-refractivity contribution in [3.8, 4) is 39.8 Å². The minimum atomic E-state index is -0.388. The molecule has 0 saturated carbocycles. The van der Waals surface area contributed by atoms with E-state index in [0.29, 0.717) is 17.2 Å². The van der Waals surface area contributed by atoms with Gasteiger partial charge in [-0.1, -0.05) is 24.3 Å². The van der Waals surface area contributed by atoms with Crippen molar-refractivity contribution in [1.82, 2.24) is 29.6 Å². The maximum atomic E-state index is 13.4. The minimum Gasteiger partial charge on any atom is -0.383 e. The molecule has 0 aliphatic carbocycles. The summed E-state index contributed by atoms with van der Waals surface area (Å²) in [5.41, 5.74) is 13.5. The molecule has 1 aromatic carbocycles. The molecule has 1 saturated heterocycles. The Bertz CT molecular complexity index is 1650. The molecule has 0 radical (unpaired) electrons. The van der Waals surface area contributed by atoms with Gasteiger partial charge in [-0.25, -0.2) is 9.37 Å². The molecule has 8 nitrogen and oxygen atoms in total. The van der Waals surface area contributed by atoms with Crippen molar-refractivity contribution in [2.75, 3.05) is 18.8 Å². The van der Waals surface area contributed by atoms with E-state index in [2.05, 4.69) is 55.6 Å². The number of nitriles is 1. The topological polar surface area (TPSA) is 108 Å². The van der Waals surface area contributed by atoms with Crippen LogP contribution < -0.4 is 11.1 Å². The largest absolute Gasteiger partial charge is 0.383 e. The quantitative estimate of drug-likeness (QED) is 0.244. The lowest BCUT2D eigenvalue weighted by Gasteiger charge is -2.31. The Kier molecular flexibility index (Phi) is 6.61. The summed E-state index contributed by atoms with van der Waals surface area (Å²) in [5.74, 6) is 0.0651. The zero-order valence-electron chi connectivity index (χ0n) is 21.3. The number of hydrogen-bond donors (Lipinski definition) is 2. The third kappa shape index (κ3) is 5.02. The lowest BCUT2D eigenvalue weighted by Crippen LogP contribution is -2.40. The van der Waals surface area contributed by atoms with Gasteiger partial charge < -0.3 is 15.5 Å². The normalized spacial score (nSPS) is 14.4. The first-order chi connectivity index (χ1) is 19.1. The highest BCUT2D eigenvalue weighted by Gasteiger charge is 2.20. The van der Waals surface area contributed by atoms with Crippen molar-refractivity contribution >= 4 is 11.3 Å². The maximum absolute atomic E-state index is 13.4. The number of aromatic nitrogens is 4. The maximum Gasteiger partial charge on any atom is 0.176 e. The molecule has 0 atom stereocenters. The molecule has 5 heterocycles. The first-order valence-corrected chi connectivity index (χ1v) is 12.9. The van der Waals surface area contributed by atoms with Gasteiger partial charge in [0.15, 0.2) is 6.19 Å². The predicted molar refractivity (Wildman–Crippen MR) is 149 cm³/mol. The van der Waals surface area contributed by atoms with Crippen molar-refractivity contribution in [3.05, 3.63) is 90.9 Å². The third-order valence-electron chi connectivity index (χ3n) is 7.28. The van der Waals surface area contributed by atoms with Gasteiger partial charge in [0.2, 0.25) is 0 Å². The molecular formula is C30H27FN8. The van der Waals surface area contributed by atoms with Crippen LogP contribution in [0.15, 0.2) is 79.5 Å². The zero-order chi connectivity index (χ0) is 26.8. The van der Waals surface area contributed by atoms with Crippen LogP contribution in [0.25, 0.3) is 39.2 Å². The van der Waals surface area contributed by atoms with Gasteiger partial charge in [0, 0.05) is 61.0 Å². The van der Waals surface area contributed by atoms with Gasteiger partial charge >= 0.3 is 0 Å². The van der Waals surface area contributed by atoms with Gasteiger partial charge in [-0.15, -0.1) is 0 Å². The van der Waals surface area contributed by atoms with E-state index < -0.39 is 0 Å². The number of likely N-dealkylation sites (tertiary alicyclic amines) is 1. The predicted octanol–water partition coefficient (Wildman–Crippen LogP) is 4.88. The van der Waals surface area contributed by atoms with Crippen molar-refractivity contribution in [2.24, 2.45) is 0 Å². The first-order valence-electron chi connectivity index (χ1n) is 12.9. The number of fused-ring (bicyclic) bond motifs is 1. The Morgan fingerprint density at radius 3 is 2.46 bits per heavy atom. The Balaban J connectivity index is 1.35. The van der Waals surface area contributed by atoms with E-state index in [0.717, 1.165) is 60.2 Å². The molecule has 0 bridgehead atoms. The fourth-order valence-electron chi connectivity index (χ4n) is 5.25. The molecule has 0 amide bonds. The number of pyridine rings is 2. The van der Waals surface area contributed by atoms with Gasteiger partial charge in [-0.3, -0.25) is 14.9 Å². The number of nitrogen functional groups attached to an aromatic ring is 1. The number of rotatable bonds is 6. The van der Waals surface area contributed by atoms with Crippen LogP contribution in [0, 0.1) is 17.3 Å². The second-order valence-corrected chi connectivity index (χ2v) is 9.78. The average molecular weight is 519 g/mol. The lowest BCUT2D eigenvalue weighted by atomic mass is 9.97. The molecule has 0 unspecified atom stereocenters. The van der Waals surface area contributed by atoms with Gasteiger partial charge in [0.1, 0.15) is 17.3 Å². The van der Waals surface area contributed by atoms with Gasteiger partial charge in [0.25, 0.3) is 0 Å². The molecule has 39 heavy (non-hydrogen) atoms. The highest BCUT2D eigenvalue weighted by atomic mass is 19.1. The zero-order valence-corrected chi connectivity index (χ0v) is 21.3. The van der Waals surface area contributed by atoms with Crippen LogP contribution in [0.1, 0.15) is 18.4 Å². The first kappa shape index (κ1) is 24.5. The number of halogens is 1. The van der Waals surface area contributed by atoms with Crippen LogP contribution in [0.3, 0.4) is 0 Å². The van der Waals surface area contributed by atoms with Crippen LogP contribution in [0.2, 0.25) is 0 Å². The van der Waals surface area contributed by atoms with E-state index in [1.54, 1.807) is 12.3 Å². The smallest absolute Gasteiger partial charge is 0.176 e. The van der Waals surface area contributed by atoms with Crippen LogP contribution in [-0.2, 0) is 6.54 Å². The van der Waals surface area contributed by atoms with Crippen molar-refractivity contribution in [1.29, 1.82) is 5.26 Å². The molecule has 1 aliphatic rings. The number of piperidine rings is 1. The van der Waals surface area contributed by atoms with Crippen LogP contribution in [0.4, 0.5) is 10.2 Å². The van der Waals surface area contributed by atoms with Crippen LogP contribution in [0.5, 0.6) is 0 Å². The van der Waals surface area contributed by atoms with E-state index in [1.807, 2.05) is 35.1 Å². The number of nitrogens with one attached hydrogen (secondary N) is 1. The highest BCUT2D eigenvalue weighted by Crippen LogP contribution is 2.39. The Morgan fingerprint density at radius 2 is 1.74 bits per heavy atom. The highest BCUT2D eigenvalue weighted by molar-refractivity contribution is 5.96. The summed E-state index contributed by atoms with van der Waals surface area (Å²) in [6.45, 7) is 2.80. The fraction of sp³-hybridized carbons (Fsp3) is 0.200. The number of nitrogens with zero attached hydrogens (tertiary/aromatic N) is 6. The number of nitrogens with two attached hydrogens (primary N) is 1. The van der Waals surface area contributed by atoms with Crippen LogP contribution in [-0.4, -0.2) is 43.4 Å². The standard InChI is InChI=1S/C30H27FN8/c31-22-7-8-26(35-14-22)27-18-39-17-25(24-2-1-11-34-30(24)33)29(28(39)15-36-27)21-5-3-20(4-6-21)16-38-12-9-23(10-13-38)37-19-32/h1-8,11,14-15,17-18,23,37H,9-10,12-13,16H2,(H2,33,34). The van der Waals surface area contributed by atoms with Crippen LogP contribution >= 0.6 is 0 Å². The monoisotopic (exact) mass is 518 g/mol. The lowest BCUT2D eigenvalue weighted by molar-refractivity contribution is 0.197. The number of anilines is 1. The summed E-state index contributed by atoms with van der Waals surface area (Å²) in [4.78, 5) is 15.6. The Morgan fingerprint density at radius 1 is 0.949 bits per heavy atom. The van der Waals surface area contributed by atoms with E-state index >= 15 is 0 Å². The average Bonchev–Trinajstić information content (AvgIpc) is 3.34. The molecule has 1 aliphatic heterocycles. The summed E-state index contributed by atoms with van der Waals surface area (Å²) in [7, 11) is 0. The summed E-state index contributed by atoms with van der Waals surface area (Å²) >= 11 is 0. The molecule has 9 heteroatoms. The number of benzene rings is 1. The summed E-state index contributed by atoms with van der Waals surface area (Å²) in [6, 6.07) is 15.7. The summed E-state index contributed by atoms with van der Waals surface area (Å²) in [6.07, 6.45) is 12.6. The molecule has 3 N–H and O–H groups in total. The molecule has 1 fully saturated rings. The van der Waals surface area contributed by atoms with Crippen molar-refractivity contribution in [2.45, 2.75) is 25.4 Å².